The van der Waals surface area contributed by atoms with Crippen molar-refractivity contribution in [2.75, 3.05) is 38.1 Å². The van der Waals surface area contributed by atoms with Crippen LogP contribution in [-0.4, -0.2) is 43.1 Å². The van der Waals surface area contributed by atoms with Crippen molar-refractivity contribution in [3.05, 3.63) is 23.4 Å². The van der Waals surface area contributed by atoms with E-state index in [0.717, 1.165) is 32.6 Å². The van der Waals surface area contributed by atoms with E-state index in [2.05, 4.69) is 27.9 Å². The number of pyridine rings is 1. The first kappa shape index (κ1) is 12.3. The highest BCUT2D eigenvalue weighted by molar-refractivity contribution is 5.56. The number of hydrogen-bond acceptors (Lipinski definition) is 5. The van der Waals surface area contributed by atoms with Crippen LogP contribution in [0.4, 0.5) is 5.82 Å². The van der Waals surface area contributed by atoms with Gasteiger partial charge in [-0.25, -0.2) is 4.98 Å². The van der Waals surface area contributed by atoms with E-state index in [0.29, 0.717) is 16.9 Å². The number of rotatable bonds is 1. The van der Waals surface area contributed by atoms with Crippen LogP contribution in [0, 0.1) is 22.7 Å². The quantitative estimate of drug-likeness (QED) is 0.732. The van der Waals surface area contributed by atoms with E-state index < -0.39 is 0 Å². The summed E-state index contributed by atoms with van der Waals surface area (Å²) in [7, 11) is 2.10. The van der Waals surface area contributed by atoms with Crippen molar-refractivity contribution in [1.29, 1.82) is 10.5 Å². The van der Waals surface area contributed by atoms with Crippen LogP contribution in [0.3, 0.4) is 0 Å². The van der Waals surface area contributed by atoms with Crippen molar-refractivity contribution in [3.8, 4) is 12.1 Å². The fourth-order valence-electron chi connectivity index (χ4n) is 2.11. The molecule has 1 aromatic heterocycles. The van der Waals surface area contributed by atoms with Crippen LogP contribution >= 0.6 is 0 Å². The molecule has 5 nitrogen and oxygen atoms in total. The standard InChI is InChI=1S/C13H15N5/c1-17-3-2-4-18(6-5-17)13-12(9-15)7-11(8-14)10-16-13/h7,10H,2-6H2,1H3. The second kappa shape index (κ2) is 5.48. The summed E-state index contributed by atoms with van der Waals surface area (Å²) < 4.78 is 0. The first-order valence-electron chi connectivity index (χ1n) is 5.98. The van der Waals surface area contributed by atoms with Gasteiger partial charge in [-0.15, -0.1) is 0 Å². The average Bonchev–Trinajstić information content (AvgIpc) is 2.62. The average molecular weight is 241 g/mol. The number of anilines is 1. The summed E-state index contributed by atoms with van der Waals surface area (Å²) in [5, 5.41) is 18.0. The smallest absolute Gasteiger partial charge is 0.146 e. The van der Waals surface area contributed by atoms with Crippen molar-refractivity contribution in [2.45, 2.75) is 6.42 Å². The Morgan fingerprint density at radius 2 is 2.00 bits per heavy atom. The van der Waals surface area contributed by atoms with E-state index in [4.69, 9.17) is 10.5 Å². The molecule has 0 bridgehead atoms. The molecule has 1 aromatic rings. The number of nitrogens with zero attached hydrogens (tertiary/aromatic N) is 5. The van der Waals surface area contributed by atoms with E-state index in [9.17, 15) is 0 Å². The third kappa shape index (κ3) is 2.58. The highest BCUT2D eigenvalue weighted by Crippen LogP contribution is 2.19. The maximum Gasteiger partial charge on any atom is 0.146 e. The Balaban J connectivity index is 2.28. The van der Waals surface area contributed by atoms with Gasteiger partial charge in [0, 0.05) is 25.8 Å². The largest absolute Gasteiger partial charge is 0.354 e. The van der Waals surface area contributed by atoms with E-state index in [1.54, 1.807) is 6.07 Å². The molecule has 5 heteroatoms. The van der Waals surface area contributed by atoms with Gasteiger partial charge >= 0.3 is 0 Å². The van der Waals surface area contributed by atoms with Crippen molar-refractivity contribution in [2.24, 2.45) is 0 Å². The molecular weight excluding hydrogens is 226 g/mol. The molecule has 0 aromatic carbocycles. The van der Waals surface area contributed by atoms with Gasteiger partial charge in [0.05, 0.1) is 11.1 Å². The molecule has 92 valence electrons. The van der Waals surface area contributed by atoms with E-state index in [1.165, 1.54) is 6.20 Å². The predicted octanol–water partition coefficient (Wildman–Crippen LogP) is 0.967. The molecule has 0 radical (unpaired) electrons. The molecule has 0 aliphatic carbocycles. The van der Waals surface area contributed by atoms with Crippen LogP contribution in [-0.2, 0) is 0 Å². The number of hydrogen-bond donors (Lipinski definition) is 0. The zero-order valence-corrected chi connectivity index (χ0v) is 10.4. The summed E-state index contributed by atoms with van der Waals surface area (Å²) in [6.45, 7) is 3.79. The molecular formula is C13H15N5. The lowest BCUT2D eigenvalue weighted by molar-refractivity contribution is 0.360. The van der Waals surface area contributed by atoms with Gasteiger partial charge in [0.15, 0.2) is 0 Å². The molecule has 0 amide bonds. The monoisotopic (exact) mass is 241 g/mol. The lowest BCUT2D eigenvalue weighted by Crippen LogP contribution is -2.30. The summed E-state index contributed by atoms with van der Waals surface area (Å²) in [5.41, 5.74) is 0.917. The molecule has 0 atom stereocenters. The number of aromatic nitrogens is 1. The normalized spacial score (nSPS) is 16.7. The van der Waals surface area contributed by atoms with Crippen LogP contribution in [0.1, 0.15) is 17.5 Å². The minimum Gasteiger partial charge on any atom is -0.354 e. The highest BCUT2D eigenvalue weighted by atomic mass is 15.2. The van der Waals surface area contributed by atoms with Gasteiger partial charge < -0.3 is 9.80 Å². The fourth-order valence-corrected chi connectivity index (χ4v) is 2.11. The Bertz CT molecular complexity index is 511. The van der Waals surface area contributed by atoms with Gasteiger partial charge in [-0.05, 0) is 26.1 Å². The van der Waals surface area contributed by atoms with Gasteiger partial charge in [0.25, 0.3) is 0 Å². The van der Waals surface area contributed by atoms with Crippen molar-refractivity contribution >= 4 is 5.82 Å². The van der Waals surface area contributed by atoms with E-state index in [1.807, 2.05) is 6.07 Å². The summed E-state index contributed by atoms with van der Waals surface area (Å²) in [4.78, 5) is 8.67. The van der Waals surface area contributed by atoms with Crippen LogP contribution in [0.15, 0.2) is 12.3 Å². The van der Waals surface area contributed by atoms with Crippen LogP contribution in [0.25, 0.3) is 0 Å². The zero-order chi connectivity index (χ0) is 13.0. The van der Waals surface area contributed by atoms with Crippen LogP contribution < -0.4 is 4.90 Å². The van der Waals surface area contributed by atoms with Crippen molar-refractivity contribution < 1.29 is 0 Å². The third-order valence-electron chi connectivity index (χ3n) is 3.14. The second-order valence-electron chi connectivity index (χ2n) is 4.46. The molecule has 18 heavy (non-hydrogen) atoms. The SMILES string of the molecule is CN1CCCN(c2ncc(C#N)cc2C#N)CC1. The Labute approximate surface area is 107 Å². The van der Waals surface area contributed by atoms with E-state index >= 15 is 0 Å². The van der Waals surface area contributed by atoms with Crippen LogP contribution in [0.5, 0.6) is 0 Å². The summed E-state index contributed by atoms with van der Waals surface area (Å²) in [6.07, 6.45) is 2.59. The molecule has 0 saturated carbocycles. The fraction of sp³-hybridized carbons (Fsp3) is 0.462. The Hall–Kier alpha value is -2.11. The molecule has 1 fully saturated rings. The highest BCUT2D eigenvalue weighted by Gasteiger charge is 2.17. The zero-order valence-electron chi connectivity index (χ0n) is 10.4. The van der Waals surface area contributed by atoms with E-state index in [-0.39, 0.29) is 0 Å². The minimum atomic E-state index is 0.433. The third-order valence-corrected chi connectivity index (χ3v) is 3.14. The molecule has 0 N–H and O–H groups in total. The molecule has 2 rings (SSSR count). The Kier molecular flexibility index (Phi) is 3.76. The van der Waals surface area contributed by atoms with Gasteiger partial charge in [-0.2, -0.15) is 10.5 Å². The molecule has 1 aliphatic rings. The van der Waals surface area contributed by atoms with Gasteiger partial charge in [-0.1, -0.05) is 0 Å². The molecule has 1 saturated heterocycles. The minimum absolute atomic E-state index is 0.433. The van der Waals surface area contributed by atoms with Crippen LogP contribution in [0.2, 0.25) is 0 Å². The first-order chi connectivity index (χ1) is 8.74. The van der Waals surface area contributed by atoms with Crippen molar-refractivity contribution in [3.63, 3.8) is 0 Å². The van der Waals surface area contributed by atoms with Gasteiger partial charge in [0.2, 0.25) is 0 Å². The second-order valence-corrected chi connectivity index (χ2v) is 4.46. The van der Waals surface area contributed by atoms with Gasteiger partial charge in [0.1, 0.15) is 18.0 Å². The molecule has 1 aliphatic heterocycles. The number of nitriles is 2. The maximum atomic E-state index is 9.15. The number of likely N-dealkylation sites (N-methyl/N-ethyl adjacent to an activating group) is 1. The molecule has 2 heterocycles. The lowest BCUT2D eigenvalue weighted by atomic mass is 10.2. The predicted molar refractivity (Wildman–Crippen MR) is 68.0 cm³/mol. The molecule has 0 spiro atoms. The summed E-state index contributed by atoms with van der Waals surface area (Å²) >= 11 is 0. The Morgan fingerprint density at radius 3 is 2.72 bits per heavy atom. The first-order valence-corrected chi connectivity index (χ1v) is 5.98. The lowest BCUT2D eigenvalue weighted by Gasteiger charge is -2.22. The van der Waals surface area contributed by atoms with Gasteiger partial charge in [-0.3, -0.25) is 0 Å². The Morgan fingerprint density at radius 1 is 1.17 bits per heavy atom. The topological polar surface area (TPSA) is 66.9 Å². The summed E-state index contributed by atoms with van der Waals surface area (Å²) in [5.74, 6) is 0.701. The summed E-state index contributed by atoms with van der Waals surface area (Å²) in [6, 6.07) is 5.75. The van der Waals surface area contributed by atoms with Crippen molar-refractivity contribution in [1.82, 2.24) is 9.88 Å². The molecule has 0 unspecified atom stereocenters. The maximum absolute atomic E-state index is 9.15.